The standard InChI is InChI=1S/C7H7FNO2S/c8-7-3-1-2-6(4-7)5-12(9,10)11/h1-4,9H,5H2. The highest BCUT2D eigenvalue weighted by Gasteiger charge is 2.05. The minimum Gasteiger partial charge on any atom is -0.211 e. The Morgan fingerprint density at radius 3 is 2.58 bits per heavy atom. The van der Waals surface area contributed by atoms with Crippen LogP contribution in [0.2, 0.25) is 0 Å². The first-order chi connectivity index (χ1) is 5.47. The zero-order valence-electron chi connectivity index (χ0n) is 6.12. The molecule has 0 fully saturated rings. The summed E-state index contributed by atoms with van der Waals surface area (Å²) in [7, 11) is -3.81. The molecular weight excluding hydrogens is 181 g/mol. The lowest BCUT2D eigenvalue weighted by molar-refractivity contribution is 0.595. The summed E-state index contributed by atoms with van der Waals surface area (Å²) in [5.74, 6) is -0.929. The van der Waals surface area contributed by atoms with Crippen molar-refractivity contribution in [2.45, 2.75) is 5.75 Å². The van der Waals surface area contributed by atoms with Crippen LogP contribution < -0.4 is 5.14 Å². The summed E-state index contributed by atoms with van der Waals surface area (Å²) in [5.41, 5.74) is 0.296. The number of sulfonamides is 1. The molecule has 0 saturated carbocycles. The fourth-order valence-corrected chi connectivity index (χ4v) is 1.46. The first-order valence-corrected chi connectivity index (χ1v) is 4.84. The van der Waals surface area contributed by atoms with Crippen LogP contribution in [-0.2, 0) is 15.8 Å². The Hall–Kier alpha value is -0.940. The monoisotopic (exact) mass is 188 g/mol. The maximum absolute atomic E-state index is 12.5. The molecule has 0 unspecified atom stereocenters. The molecule has 0 amide bonds. The van der Waals surface area contributed by atoms with Crippen molar-refractivity contribution in [3.8, 4) is 0 Å². The van der Waals surface area contributed by atoms with Crippen LogP contribution in [0.1, 0.15) is 5.56 Å². The Kier molecular flexibility index (Phi) is 2.44. The fourth-order valence-electron chi connectivity index (χ4n) is 0.846. The molecule has 0 bridgehead atoms. The zero-order chi connectivity index (χ0) is 9.19. The number of hydrogen-bond donors (Lipinski definition) is 0. The van der Waals surface area contributed by atoms with E-state index in [9.17, 15) is 12.8 Å². The molecule has 0 aromatic heterocycles. The lowest BCUT2D eigenvalue weighted by atomic mass is 10.2. The first kappa shape index (κ1) is 9.15. The summed E-state index contributed by atoms with van der Waals surface area (Å²) in [4.78, 5) is 0. The van der Waals surface area contributed by atoms with Crippen molar-refractivity contribution in [3.05, 3.63) is 35.6 Å². The Balaban J connectivity index is 2.91. The third-order valence-corrected chi connectivity index (χ3v) is 1.96. The molecule has 0 aliphatic rings. The van der Waals surface area contributed by atoms with E-state index in [1.165, 1.54) is 18.2 Å². The molecule has 1 rings (SSSR count). The molecule has 1 aromatic rings. The van der Waals surface area contributed by atoms with Gasteiger partial charge in [0.15, 0.2) is 0 Å². The van der Waals surface area contributed by atoms with Gasteiger partial charge in [-0.1, -0.05) is 12.1 Å². The van der Waals surface area contributed by atoms with Gasteiger partial charge in [0.25, 0.3) is 0 Å². The predicted octanol–water partition coefficient (Wildman–Crippen LogP) is 0.938. The van der Waals surface area contributed by atoms with Gasteiger partial charge in [0.1, 0.15) is 5.82 Å². The SMILES string of the molecule is [NH]S(=O)(=O)Cc1cccc(F)c1. The van der Waals surface area contributed by atoms with E-state index in [1.54, 1.807) is 0 Å². The van der Waals surface area contributed by atoms with Gasteiger partial charge in [-0.25, -0.2) is 12.8 Å². The third kappa shape index (κ3) is 2.98. The summed E-state index contributed by atoms with van der Waals surface area (Å²) in [6, 6.07) is 5.21. The van der Waals surface area contributed by atoms with Crippen LogP contribution in [0.3, 0.4) is 0 Å². The van der Waals surface area contributed by atoms with Crippen molar-refractivity contribution in [3.63, 3.8) is 0 Å². The molecule has 65 valence electrons. The predicted molar refractivity (Wildman–Crippen MR) is 42.1 cm³/mol. The normalized spacial score (nSPS) is 11.5. The molecule has 1 N–H and O–H groups in total. The highest BCUT2D eigenvalue weighted by atomic mass is 32.2. The van der Waals surface area contributed by atoms with Crippen LogP contribution in [0.4, 0.5) is 4.39 Å². The summed E-state index contributed by atoms with van der Waals surface area (Å²) >= 11 is 0. The second-order valence-corrected chi connectivity index (χ2v) is 3.91. The van der Waals surface area contributed by atoms with Crippen molar-refractivity contribution in [1.29, 1.82) is 0 Å². The fraction of sp³-hybridized carbons (Fsp3) is 0.143. The quantitative estimate of drug-likeness (QED) is 0.693. The molecule has 0 spiro atoms. The lowest BCUT2D eigenvalue weighted by Gasteiger charge is -1.97. The van der Waals surface area contributed by atoms with Crippen LogP contribution in [0.5, 0.6) is 0 Å². The molecule has 0 aliphatic carbocycles. The van der Waals surface area contributed by atoms with Gasteiger partial charge in [-0.3, -0.25) is 0 Å². The molecular formula is C7H7FNO2S. The Morgan fingerprint density at radius 2 is 2.08 bits per heavy atom. The van der Waals surface area contributed by atoms with E-state index in [4.69, 9.17) is 5.14 Å². The minimum absolute atomic E-state index is 0.296. The lowest BCUT2D eigenvalue weighted by Crippen LogP contribution is -2.03. The molecule has 3 nitrogen and oxygen atoms in total. The molecule has 5 heteroatoms. The van der Waals surface area contributed by atoms with Crippen molar-refractivity contribution >= 4 is 10.0 Å². The van der Waals surface area contributed by atoms with Gasteiger partial charge in [-0.05, 0) is 17.7 Å². The van der Waals surface area contributed by atoms with Crippen molar-refractivity contribution in [2.24, 2.45) is 0 Å². The van der Waals surface area contributed by atoms with Crippen LogP contribution in [0.15, 0.2) is 24.3 Å². The van der Waals surface area contributed by atoms with Gasteiger partial charge in [0.05, 0.1) is 5.75 Å². The van der Waals surface area contributed by atoms with Gasteiger partial charge in [-0.2, -0.15) is 0 Å². The molecule has 0 saturated heterocycles. The van der Waals surface area contributed by atoms with Gasteiger partial charge >= 0.3 is 0 Å². The summed E-state index contributed by atoms with van der Waals surface area (Å²) in [6.45, 7) is 0. The Labute approximate surface area is 70.1 Å². The van der Waals surface area contributed by atoms with Crippen LogP contribution in [-0.4, -0.2) is 8.42 Å². The van der Waals surface area contributed by atoms with Gasteiger partial charge < -0.3 is 0 Å². The smallest absolute Gasteiger partial charge is 0.211 e. The van der Waals surface area contributed by atoms with Gasteiger partial charge in [-0.15, -0.1) is 5.14 Å². The van der Waals surface area contributed by atoms with Gasteiger partial charge in [0.2, 0.25) is 10.0 Å². The van der Waals surface area contributed by atoms with E-state index in [0.29, 0.717) is 5.56 Å². The third-order valence-electron chi connectivity index (χ3n) is 1.25. The van der Waals surface area contributed by atoms with Crippen molar-refractivity contribution < 1.29 is 12.8 Å². The maximum atomic E-state index is 12.5. The number of halogens is 1. The summed E-state index contributed by atoms with van der Waals surface area (Å²) in [5, 5.41) is 6.59. The molecule has 0 heterocycles. The number of nitrogens with one attached hydrogen (secondary N) is 1. The topological polar surface area (TPSA) is 57.9 Å². The second-order valence-electron chi connectivity index (χ2n) is 2.39. The zero-order valence-corrected chi connectivity index (χ0v) is 6.94. The Morgan fingerprint density at radius 1 is 1.42 bits per heavy atom. The van der Waals surface area contributed by atoms with Crippen molar-refractivity contribution in [2.75, 3.05) is 0 Å². The van der Waals surface area contributed by atoms with E-state index in [2.05, 4.69) is 0 Å². The van der Waals surface area contributed by atoms with E-state index in [0.717, 1.165) is 6.07 Å². The average Bonchev–Trinajstić information content (AvgIpc) is 1.82. The number of hydrogen-bond acceptors (Lipinski definition) is 2. The van der Waals surface area contributed by atoms with Crippen LogP contribution in [0.25, 0.3) is 0 Å². The highest BCUT2D eigenvalue weighted by molar-refractivity contribution is 7.88. The molecule has 1 aromatic carbocycles. The largest absolute Gasteiger partial charge is 0.229 e. The molecule has 12 heavy (non-hydrogen) atoms. The second kappa shape index (κ2) is 3.20. The summed E-state index contributed by atoms with van der Waals surface area (Å²) < 4.78 is 33.4. The van der Waals surface area contributed by atoms with E-state index in [1.807, 2.05) is 0 Å². The Bertz CT molecular complexity index is 375. The highest BCUT2D eigenvalue weighted by Crippen LogP contribution is 2.06. The van der Waals surface area contributed by atoms with Crippen LogP contribution in [0, 0.1) is 5.82 Å². The first-order valence-electron chi connectivity index (χ1n) is 3.19. The minimum atomic E-state index is -3.81. The molecule has 0 atom stereocenters. The molecule has 1 radical (unpaired) electrons. The number of rotatable bonds is 2. The average molecular weight is 188 g/mol. The van der Waals surface area contributed by atoms with E-state index in [-0.39, 0.29) is 0 Å². The van der Waals surface area contributed by atoms with Crippen molar-refractivity contribution in [1.82, 2.24) is 5.14 Å². The van der Waals surface area contributed by atoms with E-state index < -0.39 is 21.6 Å². The summed E-state index contributed by atoms with van der Waals surface area (Å²) in [6.07, 6.45) is 0. The molecule has 0 aliphatic heterocycles. The van der Waals surface area contributed by atoms with Crippen LogP contribution >= 0.6 is 0 Å². The number of benzene rings is 1. The maximum Gasteiger partial charge on any atom is 0.229 e. The van der Waals surface area contributed by atoms with E-state index >= 15 is 0 Å². The van der Waals surface area contributed by atoms with Gasteiger partial charge in [0, 0.05) is 0 Å².